The van der Waals surface area contributed by atoms with Gasteiger partial charge in [-0.15, -0.1) is 11.6 Å². The lowest BCUT2D eigenvalue weighted by molar-refractivity contribution is -0.132. The van der Waals surface area contributed by atoms with Crippen molar-refractivity contribution >= 4 is 23.4 Å². The molecule has 0 spiro atoms. The number of hydrogen-bond acceptors (Lipinski definition) is 5. The summed E-state index contributed by atoms with van der Waals surface area (Å²) >= 11 is 5.90. The summed E-state index contributed by atoms with van der Waals surface area (Å²) in [4.78, 5) is 25.2. The monoisotopic (exact) mass is 444 g/mol. The van der Waals surface area contributed by atoms with Crippen molar-refractivity contribution < 1.29 is 18.7 Å². The third-order valence-corrected chi connectivity index (χ3v) is 7.97. The molecular weight excluding hydrogens is 411 g/mol. The predicted octanol–water partition coefficient (Wildman–Crippen LogP) is 1.79. The Balaban J connectivity index is 1.21. The number of rotatable bonds is 7. The van der Waals surface area contributed by atoms with E-state index in [1.54, 1.807) is 0 Å². The summed E-state index contributed by atoms with van der Waals surface area (Å²) in [6, 6.07) is 0.198. The number of nitrogens with one attached hydrogen (secondary N) is 3. The number of hydrazine groups is 1. The standard InChI is InChI=1S/C21H34ClFN4O3/c1-3-13-8-17(27(2)26-13)19(29)25-21-7-6-20(11-21,12-21)24-18(28)10-30-14-4-5-15(22)16(23)9-14/h13-17,26H,3-12H2,1-2H3,(H,24,28)(H,25,29). The first-order chi connectivity index (χ1) is 14.2. The summed E-state index contributed by atoms with van der Waals surface area (Å²) in [5.74, 6) is -0.0903. The number of nitrogens with zero attached hydrogens (tertiary/aromatic N) is 1. The molecule has 7 nitrogen and oxygen atoms in total. The van der Waals surface area contributed by atoms with Gasteiger partial charge >= 0.3 is 0 Å². The van der Waals surface area contributed by atoms with E-state index in [0.29, 0.717) is 18.9 Å². The van der Waals surface area contributed by atoms with E-state index in [-0.39, 0.29) is 48.1 Å². The molecule has 4 saturated carbocycles. The quantitative estimate of drug-likeness (QED) is 0.521. The lowest BCUT2D eigenvalue weighted by Gasteiger charge is -2.48. The van der Waals surface area contributed by atoms with Crippen molar-refractivity contribution in [3.63, 3.8) is 0 Å². The van der Waals surface area contributed by atoms with Gasteiger partial charge in [-0.3, -0.25) is 15.0 Å². The van der Waals surface area contributed by atoms with Crippen LogP contribution in [0, 0.1) is 0 Å². The lowest BCUT2D eigenvalue weighted by atomic mass is 9.71. The molecular formula is C21H34ClFN4O3. The second kappa shape index (κ2) is 8.52. The van der Waals surface area contributed by atoms with Gasteiger partial charge in [-0.25, -0.2) is 9.40 Å². The zero-order valence-electron chi connectivity index (χ0n) is 17.9. The zero-order valence-corrected chi connectivity index (χ0v) is 18.6. The summed E-state index contributed by atoms with van der Waals surface area (Å²) in [5, 5.41) is 7.86. The van der Waals surface area contributed by atoms with Crippen LogP contribution < -0.4 is 16.1 Å². The van der Waals surface area contributed by atoms with E-state index in [1.165, 1.54) is 0 Å². The van der Waals surface area contributed by atoms with Crippen LogP contribution in [0.15, 0.2) is 0 Å². The molecule has 0 aromatic carbocycles. The number of ether oxygens (including phenoxy) is 1. The van der Waals surface area contributed by atoms with Gasteiger partial charge < -0.3 is 15.4 Å². The minimum absolute atomic E-state index is 0.0532. The van der Waals surface area contributed by atoms with Crippen molar-refractivity contribution in [2.24, 2.45) is 0 Å². The highest BCUT2D eigenvalue weighted by Gasteiger charge is 2.62. The van der Waals surface area contributed by atoms with Crippen molar-refractivity contribution in [2.75, 3.05) is 13.7 Å². The normalized spacial score (nSPS) is 43.3. The fourth-order valence-electron chi connectivity index (χ4n) is 5.84. The van der Waals surface area contributed by atoms with E-state index in [1.807, 2.05) is 12.1 Å². The molecule has 0 aromatic rings. The van der Waals surface area contributed by atoms with Gasteiger partial charge in [0.05, 0.1) is 11.5 Å². The molecule has 5 fully saturated rings. The first-order valence-electron chi connectivity index (χ1n) is 11.2. The molecule has 2 bridgehead atoms. The predicted molar refractivity (Wildman–Crippen MR) is 112 cm³/mol. The van der Waals surface area contributed by atoms with Gasteiger partial charge in [0.2, 0.25) is 11.8 Å². The fraction of sp³-hybridized carbons (Fsp3) is 0.905. The van der Waals surface area contributed by atoms with Crippen molar-refractivity contribution in [1.82, 2.24) is 21.1 Å². The minimum Gasteiger partial charge on any atom is -0.368 e. The number of fused-ring (bicyclic) bond motifs is 1. The van der Waals surface area contributed by atoms with Gasteiger partial charge in [0.1, 0.15) is 18.8 Å². The van der Waals surface area contributed by atoms with Crippen LogP contribution in [0.5, 0.6) is 0 Å². The first kappa shape index (κ1) is 22.2. The summed E-state index contributed by atoms with van der Waals surface area (Å²) in [6.07, 6.45) is 5.29. The van der Waals surface area contributed by atoms with E-state index in [2.05, 4.69) is 23.0 Å². The molecule has 2 amide bonds. The molecule has 170 valence electrons. The number of amides is 2. The van der Waals surface area contributed by atoms with Gasteiger partial charge in [0.15, 0.2) is 0 Å². The minimum atomic E-state index is -1.07. The molecule has 30 heavy (non-hydrogen) atoms. The van der Waals surface area contributed by atoms with Gasteiger partial charge in [-0.1, -0.05) is 6.92 Å². The largest absolute Gasteiger partial charge is 0.368 e. The van der Waals surface area contributed by atoms with Crippen molar-refractivity contribution in [3.8, 4) is 0 Å². The third kappa shape index (κ3) is 4.47. The molecule has 1 heterocycles. The Labute approximate surface area is 182 Å². The Morgan fingerprint density at radius 1 is 1.20 bits per heavy atom. The Morgan fingerprint density at radius 3 is 2.53 bits per heavy atom. The smallest absolute Gasteiger partial charge is 0.246 e. The molecule has 3 N–H and O–H groups in total. The number of likely N-dealkylation sites (N-methyl/N-ethyl adjacent to an activating group) is 1. The SMILES string of the molecule is CCC1CC(C(=O)NC23CCC(NC(=O)COC4CCC(Cl)C(F)C4)(C2)C3)N(C)N1. The Kier molecular flexibility index (Phi) is 6.32. The van der Waals surface area contributed by atoms with Crippen LogP contribution in [0.3, 0.4) is 0 Å². The van der Waals surface area contributed by atoms with Crippen LogP contribution in [-0.2, 0) is 14.3 Å². The highest BCUT2D eigenvalue weighted by molar-refractivity contribution is 6.21. The topological polar surface area (TPSA) is 82.7 Å². The maximum atomic E-state index is 13.7. The molecule has 5 rings (SSSR count). The van der Waals surface area contributed by atoms with Crippen molar-refractivity contribution in [3.05, 3.63) is 0 Å². The average Bonchev–Trinajstić information content (AvgIpc) is 3.33. The summed E-state index contributed by atoms with van der Waals surface area (Å²) in [7, 11) is 1.92. The van der Waals surface area contributed by atoms with E-state index in [9.17, 15) is 14.0 Å². The van der Waals surface area contributed by atoms with Gasteiger partial charge in [-0.05, 0) is 51.4 Å². The number of carbonyl (C=O) groups excluding carboxylic acids is 2. The van der Waals surface area contributed by atoms with Gasteiger partial charge in [0.25, 0.3) is 0 Å². The highest BCUT2D eigenvalue weighted by Crippen LogP contribution is 2.55. The maximum Gasteiger partial charge on any atom is 0.246 e. The third-order valence-electron chi connectivity index (χ3n) is 7.48. The molecule has 5 atom stereocenters. The molecule has 5 unspecified atom stereocenters. The second-order valence-corrected chi connectivity index (χ2v) is 10.4. The van der Waals surface area contributed by atoms with Crippen LogP contribution in [-0.4, -0.2) is 71.3 Å². The number of hydrogen-bond donors (Lipinski definition) is 3. The molecule has 0 aromatic heterocycles. The molecule has 9 heteroatoms. The molecule has 1 aliphatic heterocycles. The van der Waals surface area contributed by atoms with Crippen LogP contribution in [0.25, 0.3) is 0 Å². The van der Waals surface area contributed by atoms with Crippen LogP contribution in [0.2, 0.25) is 0 Å². The summed E-state index contributed by atoms with van der Waals surface area (Å²) in [6.45, 7) is 2.06. The number of halogens is 2. The Hall–Kier alpha value is -0.960. The van der Waals surface area contributed by atoms with Crippen LogP contribution >= 0.6 is 11.6 Å². The van der Waals surface area contributed by atoms with Gasteiger partial charge in [-0.2, -0.15) is 0 Å². The summed E-state index contributed by atoms with van der Waals surface area (Å²) < 4.78 is 19.3. The lowest BCUT2D eigenvalue weighted by Crippen LogP contribution is -2.66. The van der Waals surface area contributed by atoms with Crippen LogP contribution in [0.1, 0.15) is 64.7 Å². The maximum absolute atomic E-state index is 13.7. The first-order valence-corrected chi connectivity index (χ1v) is 11.7. The van der Waals surface area contributed by atoms with E-state index >= 15 is 0 Å². The molecule has 0 radical (unpaired) electrons. The van der Waals surface area contributed by atoms with Gasteiger partial charge in [0, 0.05) is 30.6 Å². The number of alkyl halides is 2. The molecule has 1 saturated heterocycles. The number of carbonyl (C=O) groups is 2. The molecule has 5 aliphatic rings. The highest BCUT2D eigenvalue weighted by atomic mass is 35.5. The van der Waals surface area contributed by atoms with E-state index in [0.717, 1.165) is 38.5 Å². The fourth-order valence-corrected chi connectivity index (χ4v) is 6.07. The Morgan fingerprint density at radius 2 is 1.90 bits per heavy atom. The zero-order chi connectivity index (χ0) is 21.5. The summed E-state index contributed by atoms with van der Waals surface area (Å²) in [5.41, 5.74) is 2.90. The van der Waals surface area contributed by atoms with Crippen LogP contribution in [0.4, 0.5) is 4.39 Å². The van der Waals surface area contributed by atoms with E-state index in [4.69, 9.17) is 16.3 Å². The van der Waals surface area contributed by atoms with Crippen molar-refractivity contribution in [1.29, 1.82) is 0 Å². The Bertz CT molecular complexity index is 675. The van der Waals surface area contributed by atoms with Crippen molar-refractivity contribution in [2.45, 2.75) is 106 Å². The molecule has 4 aliphatic carbocycles. The van der Waals surface area contributed by atoms with E-state index < -0.39 is 11.5 Å². The average molecular weight is 445 g/mol. The second-order valence-electron chi connectivity index (χ2n) is 9.83.